The largest absolute Gasteiger partial charge is 0.466 e. The highest BCUT2D eigenvalue weighted by Gasteiger charge is 2.30. The van der Waals surface area contributed by atoms with E-state index in [1.165, 1.54) is 42.3 Å². The SMILES string of the molecule is C.CCOC(C)=O.Nc1ccc(C(=O)OCCNC(=O)OCC2c3ccccc3-c3ccccc32)cc1.O=C(NCCOC(=O)c1ccc([N+](=O)[O-])cc1)OCC1c2ccccc2-c2ccccc21. The molecule has 0 unspecified atom stereocenters. The van der Waals surface area contributed by atoms with Crippen molar-refractivity contribution in [2.45, 2.75) is 33.1 Å². The molecule has 8 rings (SSSR count). The van der Waals surface area contributed by atoms with Gasteiger partial charge < -0.3 is 40.1 Å². The fourth-order valence-corrected chi connectivity index (χ4v) is 7.60. The lowest BCUT2D eigenvalue weighted by Gasteiger charge is -2.14. The van der Waals surface area contributed by atoms with Crippen molar-refractivity contribution >= 4 is 41.5 Å². The summed E-state index contributed by atoms with van der Waals surface area (Å²) in [5, 5.41) is 15.8. The van der Waals surface area contributed by atoms with Crippen molar-refractivity contribution in [3.63, 3.8) is 0 Å². The number of hydrogen-bond acceptors (Lipinski definition) is 13. The minimum atomic E-state index is -0.630. The zero-order chi connectivity index (χ0) is 48.4. The molecule has 0 aliphatic heterocycles. The van der Waals surface area contributed by atoms with Crippen LogP contribution in [0.2, 0.25) is 0 Å². The van der Waals surface area contributed by atoms with Crippen molar-refractivity contribution in [1.29, 1.82) is 0 Å². The fraction of sp³-hybridized carbons (Fsp3) is 0.226. The Hall–Kier alpha value is -8.53. The summed E-state index contributed by atoms with van der Waals surface area (Å²) < 4.78 is 25.5. The Morgan fingerprint density at radius 1 is 0.536 bits per heavy atom. The number of anilines is 1. The highest BCUT2D eigenvalue weighted by Crippen LogP contribution is 2.45. The van der Waals surface area contributed by atoms with Gasteiger partial charge in [-0.25, -0.2) is 19.2 Å². The summed E-state index contributed by atoms with van der Waals surface area (Å²) in [5.74, 6) is -1.34. The van der Waals surface area contributed by atoms with Gasteiger partial charge in [0.1, 0.15) is 26.4 Å². The lowest BCUT2D eigenvalue weighted by Crippen LogP contribution is -2.29. The maximum Gasteiger partial charge on any atom is 0.407 e. The van der Waals surface area contributed by atoms with Gasteiger partial charge in [0, 0.05) is 36.6 Å². The molecule has 69 heavy (non-hydrogen) atoms. The zero-order valence-corrected chi connectivity index (χ0v) is 37.4. The highest BCUT2D eigenvalue weighted by atomic mass is 16.6. The molecule has 6 aromatic carbocycles. The quantitative estimate of drug-likeness (QED) is 0.0231. The molecular formula is C53H54N4O12. The van der Waals surface area contributed by atoms with Gasteiger partial charge in [0.25, 0.3) is 5.69 Å². The number of nitrogens with two attached hydrogens (primary N) is 1. The molecule has 0 radical (unpaired) electrons. The van der Waals surface area contributed by atoms with Crippen LogP contribution in [0.4, 0.5) is 21.0 Å². The smallest absolute Gasteiger partial charge is 0.407 e. The summed E-state index contributed by atoms with van der Waals surface area (Å²) in [6.07, 6.45) is -1.14. The third-order valence-corrected chi connectivity index (χ3v) is 10.7. The standard InChI is InChI=1S/C24H20N2O6.C24H22N2O4.C4H8O2.CH4/c27-23(16-9-11-17(12-10-16)26(29)30)31-14-13-25-24(28)32-15-22-20-7-3-1-5-18(20)19-6-2-4-8-21(19)22;25-17-11-9-16(10-12-17)23(27)29-14-13-26-24(28)30-15-22-20-7-3-1-5-18(20)19-6-2-4-8-21(19)22;1-3-6-4(2)5;/h1-12,22H,13-15H2,(H,25,28);1-12,22H,13-15,25H2,(H,26,28);3H2,1-2H3;1H4. The van der Waals surface area contributed by atoms with E-state index < -0.39 is 29.0 Å². The average Bonchev–Trinajstić information content (AvgIpc) is 3.85. The van der Waals surface area contributed by atoms with Gasteiger partial charge in [-0.15, -0.1) is 0 Å². The van der Waals surface area contributed by atoms with Crippen molar-refractivity contribution < 1.29 is 52.6 Å². The van der Waals surface area contributed by atoms with Crippen molar-refractivity contribution in [2.75, 3.05) is 51.9 Å². The number of benzene rings is 6. The molecule has 0 aromatic heterocycles. The van der Waals surface area contributed by atoms with Crippen LogP contribution in [-0.4, -0.2) is 81.1 Å². The van der Waals surface area contributed by atoms with Crippen LogP contribution >= 0.6 is 0 Å². The van der Waals surface area contributed by atoms with Gasteiger partial charge in [0.05, 0.1) is 35.7 Å². The number of nitrogens with one attached hydrogen (secondary N) is 2. The number of nitro benzene ring substituents is 1. The zero-order valence-electron chi connectivity index (χ0n) is 37.4. The van der Waals surface area contributed by atoms with Crippen LogP contribution in [0, 0.1) is 10.1 Å². The van der Waals surface area contributed by atoms with Crippen molar-refractivity contribution in [3.8, 4) is 22.3 Å². The molecule has 4 N–H and O–H groups in total. The summed E-state index contributed by atoms with van der Waals surface area (Å²) in [7, 11) is 0. The maximum atomic E-state index is 12.1. The number of non-ortho nitro benzene ring substituents is 1. The van der Waals surface area contributed by atoms with Crippen LogP contribution in [0.3, 0.4) is 0 Å². The predicted octanol–water partition coefficient (Wildman–Crippen LogP) is 9.46. The number of ether oxygens (including phenoxy) is 5. The number of hydrogen-bond donors (Lipinski definition) is 3. The summed E-state index contributed by atoms with van der Waals surface area (Å²) in [5.41, 5.74) is 15.9. The molecule has 2 aliphatic carbocycles. The molecule has 2 amide bonds. The van der Waals surface area contributed by atoms with E-state index in [9.17, 15) is 34.1 Å². The van der Waals surface area contributed by atoms with Gasteiger partial charge in [0.15, 0.2) is 0 Å². The van der Waals surface area contributed by atoms with Gasteiger partial charge >= 0.3 is 30.1 Å². The van der Waals surface area contributed by atoms with Gasteiger partial charge in [-0.1, -0.05) is 104 Å². The Morgan fingerprint density at radius 3 is 1.20 bits per heavy atom. The van der Waals surface area contributed by atoms with E-state index in [1.807, 2.05) is 60.7 Å². The second-order valence-corrected chi connectivity index (χ2v) is 15.1. The third kappa shape index (κ3) is 14.0. The van der Waals surface area contributed by atoms with Gasteiger partial charge in [-0.2, -0.15) is 0 Å². The first-order valence-corrected chi connectivity index (χ1v) is 21.7. The van der Waals surface area contributed by atoms with Crippen molar-refractivity contribution in [1.82, 2.24) is 10.6 Å². The second-order valence-electron chi connectivity index (χ2n) is 15.1. The Bertz CT molecular complexity index is 2630. The Kier molecular flexibility index (Phi) is 18.9. The molecule has 358 valence electrons. The van der Waals surface area contributed by atoms with E-state index in [2.05, 4.69) is 51.8 Å². The number of nitro groups is 1. The number of fused-ring (bicyclic) bond motifs is 6. The molecule has 16 heteroatoms. The van der Waals surface area contributed by atoms with E-state index in [1.54, 1.807) is 31.2 Å². The molecule has 2 aliphatic rings. The number of esters is 3. The third-order valence-electron chi connectivity index (χ3n) is 10.7. The van der Waals surface area contributed by atoms with Crippen LogP contribution in [-0.2, 0) is 28.5 Å². The molecule has 0 spiro atoms. The van der Waals surface area contributed by atoms with Crippen molar-refractivity contribution in [2.24, 2.45) is 0 Å². The Balaban J connectivity index is 0.000000228. The number of rotatable bonds is 14. The normalized spacial score (nSPS) is 11.4. The summed E-state index contributed by atoms with van der Waals surface area (Å²) in [6, 6.07) is 44.0. The number of carbonyl (C=O) groups is 5. The molecule has 0 heterocycles. The lowest BCUT2D eigenvalue weighted by atomic mass is 9.98. The minimum Gasteiger partial charge on any atom is -0.466 e. The molecule has 0 saturated heterocycles. The molecule has 6 aromatic rings. The average molecular weight is 939 g/mol. The van der Waals surface area contributed by atoms with Gasteiger partial charge in [0.2, 0.25) is 0 Å². The summed E-state index contributed by atoms with van der Waals surface area (Å²) in [6.45, 7) is 4.33. The van der Waals surface area contributed by atoms with Crippen LogP contribution in [0.25, 0.3) is 22.3 Å². The number of nitrogens with zero attached hydrogens (tertiary/aromatic N) is 1. The fourth-order valence-electron chi connectivity index (χ4n) is 7.60. The van der Waals surface area contributed by atoms with Crippen LogP contribution in [0.1, 0.15) is 76.1 Å². The van der Waals surface area contributed by atoms with Crippen LogP contribution in [0.5, 0.6) is 0 Å². The highest BCUT2D eigenvalue weighted by molar-refractivity contribution is 5.90. The molecule has 0 atom stereocenters. The molecule has 0 fully saturated rings. The number of nitrogen functional groups attached to an aromatic ring is 1. The molecule has 0 saturated carbocycles. The summed E-state index contributed by atoms with van der Waals surface area (Å²) >= 11 is 0. The monoisotopic (exact) mass is 938 g/mol. The molecular weight excluding hydrogens is 885 g/mol. The predicted molar refractivity (Wildman–Crippen MR) is 260 cm³/mol. The summed E-state index contributed by atoms with van der Waals surface area (Å²) in [4.78, 5) is 68.0. The second kappa shape index (κ2) is 25.4. The van der Waals surface area contributed by atoms with Crippen molar-refractivity contribution in [3.05, 3.63) is 189 Å². The van der Waals surface area contributed by atoms with Crippen LogP contribution < -0.4 is 16.4 Å². The Morgan fingerprint density at radius 2 is 0.884 bits per heavy atom. The van der Waals surface area contributed by atoms with E-state index in [4.69, 9.17) is 24.7 Å². The maximum absolute atomic E-state index is 12.1. The Labute approximate surface area is 399 Å². The molecule has 16 nitrogen and oxygen atoms in total. The van der Waals surface area contributed by atoms with E-state index in [-0.39, 0.29) is 76.0 Å². The van der Waals surface area contributed by atoms with E-state index in [0.29, 0.717) is 17.9 Å². The molecule has 0 bridgehead atoms. The number of alkyl carbamates (subject to hydrolysis) is 2. The first-order chi connectivity index (χ1) is 32.9. The first kappa shape index (κ1) is 51.5. The van der Waals surface area contributed by atoms with Gasteiger partial charge in [-0.3, -0.25) is 14.9 Å². The van der Waals surface area contributed by atoms with E-state index in [0.717, 1.165) is 33.4 Å². The minimum absolute atomic E-state index is 0. The lowest BCUT2D eigenvalue weighted by molar-refractivity contribution is -0.384. The topological polar surface area (TPSA) is 225 Å². The van der Waals surface area contributed by atoms with E-state index >= 15 is 0 Å². The van der Waals surface area contributed by atoms with Gasteiger partial charge in [-0.05, 0) is 87.8 Å². The number of amides is 2. The van der Waals surface area contributed by atoms with Crippen LogP contribution in [0.15, 0.2) is 146 Å². The number of carbonyl (C=O) groups excluding carboxylic acids is 5. The first-order valence-electron chi connectivity index (χ1n) is 21.7.